The second-order valence-corrected chi connectivity index (χ2v) is 5.48. The topological polar surface area (TPSA) is 26.3 Å². The maximum Gasteiger partial charge on any atom is 0.311 e. The van der Waals surface area contributed by atoms with Gasteiger partial charge in [-0.1, -0.05) is 49.4 Å². The third-order valence-electron chi connectivity index (χ3n) is 2.67. The summed E-state index contributed by atoms with van der Waals surface area (Å²) in [6.45, 7) is 8.02. The van der Waals surface area contributed by atoms with Crippen molar-refractivity contribution < 1.29 is 9.53 Å². The first kappa shape index (κ1) is 14.5. The van der Waals surface area contributed by atoms with Crippen LogP contribution in [0.25, 0.3) is 0 Å². The molecule has 0 spiro atoms. The van der Waals surface area contributed by atoms with Crippen LogP contribution in [0.3, 0.4) is 0 Å². The lowest BCUT2D eigenvalue weighted by Gasteiger charge is -2.15. The van der Waals surface area contributed by atoms with Crippen LogP contribution in [0.5, 0.6) is 0 Å². The number of esters is 1. The van der Waals surface area contributed by atoms with Gasteiger partial charge < -0.3 is 4.74 Å². The Balaban J connectivity index is 2.40. The summed E-state index contributed by atoms with van der Waals surface area (Å²) in [4.78, 5) is 11.5. The molecule has 0 aliphatic carbocycles. The molecule has 1 aromatic rings. The van der Waals surface area contributed by atoms with Crippen molar-refractivity contribution in [1.82, 2.24) is 0 Å². The van der Waals surface area contributed by atoms with Crippen molar-refractivity contribution in [2.24, 2.45) is 5.41 Å². The van der Waals surface area contributed by atoms with Gasteiger partial charge in [0.05, 0.1) is 5.41 Å². The molecule has 0 aliphatic rings. The van der Waals surface area contributed by atoms with Crippen LogP contribution in [0.1, 0.15) is 39.2 Å². The van der Waals surface area contributed by atoms with Crippen LogP contribution in [0.4, 0.5) is 0 Å². The van der Waals surface area contributed by atoms with Crippen molar-refractivity contribution in [3.8, 4) is 0 Å². The highest BCUT2D eigenvalue weighted by molar-refractivity contribution is 5.75. The second kappa shape index (κ2) is 6.39. The highest BCUT2D eigenvalue weighted by Gasteiger charge is 2.22. The summed E-state index contributed by atoms with van der Waals surface area (Å²) < 4.78 is 5.17. The zero-order valence-electron chi connectivity index (χ0n) is 11.6. The largest absolute Gasteiger partial charge is 0.461 e. The summed E-state index contributed by atoms with van der Waals surface area (Å²) in [5, 5.41) is 0. The summed E-state index contributed by atoms with van der Waals surface area (Å²) >= 11 is 0. The van der Waals surface area contributed by atoms with Crippen LogP contribution < -0.4 is 0 Å². The molecule has 0 aliphatic heterocycles. The van der Waals surface area contributed by atoms with E-state index in [1.807, 2.05) is 45.0 Å². The van der Waals surface area contributed by atoms with Crippen molar-refractivity contribution in [1.29, 1.82) is 0 Å². The molecule has 0 saturated carbocycles. The Hall–Kier alpha value is -1.57. The summed E-state index contributed by atoms with van der Waals surface area (Å²) in [6, 6.07) is 10.2. The Bertz CT molecular complexity index is 399. The summed E-state index contributed by atoms with van der Waals surface area (Å²) in [5.41, 5.74) is 0.828. The summed E-state index contributed by atoms with van der Waals surface area (Å²) in [5.74, 6) is 0.166. The molecule has 0 saturated heterocycles. The summed E-state index contributed by atoms with van der Waals surface area (Å²) in [7, 11) is 0. The molecule has 18 heavy (non-hydrogen) atoms. The lowest BCUT2D eigenvalue weighted by atomic mass is 9.97. The number of ether oxygens (including phenoxy) is 1. The molecule has 2 nitrogen and oxygen atoms in total. The van der Waals surface area contributed by atoms with Gasteiger partial charge in [0.15, 0.2) is 0 Å². The van der Waals surface area contributed by atoms with Crippen molar-refractivity contribution in [3.63, 3.8) is 0 Å². The van der Waals surface area contributed by atoms with E-state index in [1.54, 1.807) is 0 Å². The fourth-order valence-corrected chi connectivity index (χ4v) is 1.47. The zero-order valence-corrected chi connectivity index (χ0v) is 11.6. The van der Waals surface area contributed by atoms with Gasteiger partial charge in [-0.15, -0.1) is 0 Å². The van der Waals surface area contributed by atoms with E-state index in [-0.39, 0.29) is 5.97 Å². The van der Waals surface area contributed by atoms with Crippen molar-refractivity contribution in [3.05, 3.63) is 48.0 Å². The van der Waals surface area contributed by atoms with Gasteiger partial charge in [-0.05, 0) is 32.3 Å². The van der Waals surface area contributed by atoms with Crippen molar-refractivity contribution in [2.45, 2.75) is 33.6 Å². The highest BCUT2D eigenvalue weighted by atomic mass is 16.5. The molecular formula is C16H22O2. The standard InChI is InChI=1S/C16H22O2/c1-13(14-10-6-5-7-11-14)9-8-12-18-15(17)16(2,3)4/h5-11,13H,12H2,1-4H3/b9-8+. The van der Waals surface area contributed by atoms with E-state index in [0.717, 1.165) is 0 Å². The molecule has 0 fully saturated rings. The van der Waals surface area contributed by atoms with E-state index in [1.165, 1.54) is 5.56 Å². The van der Waals surface area contributed by atoms with Gasteiger partial charge in [0, 0.05) is 0 Å². The summed E-state index contributed by atoms with van der Waals surface area (Å²) in [6.07, 6.45) is 3.96. The lowest BCUT2D eigenvalue weighted by molar-refractivity contribution is -0.151. The SMILES string of the molecule is CC(/C=C/COC(=O)C(C)(C)C)c1ccccc1. The van der Waals surface area contributed by atoms with Crippen LogP contribution in [0, 0.1) is 5.41 Å². The molecule has 98 valence electrons. The molecule has 0 N–H and O–H groups in total. The molecule has 1 rings (SSSR count). The van der Waals surface area contributed by atoms with Gasteiger partial charge in [0.1, 0.15) is 6.61 Å². The Labute approximate surface area is 110 Å². The van der Waals surface area contributed by atoms with E-state index in [0.29, 0.717) is 12.5 Å². The molecule has 1 aromatic carbocycles. The third-order valence-corrected chi connectivity index (χ3v) is 2.67. The first-order chi connectivity index (χ1) is 8.41. The fourth-order valence-electron chi connectivity index (χ4n) is 1.47. The smallest absolute Gasteiger partial charge is 0.311 e. The fraction of sp³-hybridized carbons (Fsp3) is 0.438. The number of carbonyl (C=O) groups excluding carboxylic acids is 1. The van der Waals surface area contributed by atoms with Gasteiger partial charge in [0.2, 0.25) is 0 Å². The number of allylic oxidation sites excluding steroid dienone is 1. The average Bonchev–Trinajstić information content (AvgIpc) is 2.34. The molecule has 2 heteroatoms. The number of rotatable bonds is 4. The van der Waals surface area contributed by atoms with Crippen LogP contribution in [0.2, 0.25) is 0 Å². The van der Waals surface area contributed by atoms with Gasteiger partial charge in [0.25, 0.3) is 0 Å². The van der Waals surface area contributed by atoms with Gasteiger partial charge in [-0.25, -0.2) is 0 Å². The first-order valence-corrected chi connectivity index (χ1v) is 6.30. The van der Waals surface area contributed by atoms with E-state index < -0.39 is 5.41 Å². The van der Waals surface area contributed by atoms with Gasteiger partial charge in [-0.3, -0.25) is 4.79 Å². The van der Waals surface area contributed by atoms with Gasteiger partial charge in [-0.2, -0.15) is 0 Å². The quantitative estimate of drug-likeness (QED) is 0.594. The van der Waals surface area contributed by atoms with Crippen molar-refractivity contribution in [2.75, 3.05) is 6.61 Å². The zero-order chi connectivity index (χ0) is 13.6. The van der Waals surface area contributed by atoms with Crippen molar-refractivity contribution >= 4 is 5.97 Å². The molecule has 0 aromatic heterocycles. The highest BCUT2D eigenvalue weighted by Crippen LogP contribution is 2.17. The monoisotopic (exact) mass is 246 g/mol. The minimum atomic E-state index is -0.432. The maximum absolute atomic E-state index is 11.5. The molecule has 0 heterocycles. The molecule has 0 amide bonds. The predicted molar refractivity (Wildman–Crippen MR) is 74.4 cm³/mol. The molecule has 0 radical (unpaired) electrons. The minimum Gasteiger partial charge on any atom is -0.461 e. The number of carbonyl (C=O) groups is 1. The van der Waals surface area contributed by atoms with Crippen LogP contribution >= 0.6 is 0 Å². The Morgan fingerprint density at radius 1 is 1.28 bits per heavy atom. The number of hydrogen-bond donors (Lipinski definition) is 0. The van der Waals surface area contributed by atoms with Crippen LogP contribution in [0.15, 0.2) is 42.5 Å². The van der Waals surface area contributed by atoms with E-state index >= 15 is 0 Å². The predicted octanol–water partition coefficient (Wildman–Crippen LogP) is 3.94. The van der Waals surface area contributed by atoms with Crippen LogP contribution in [-0.2, 0) is 9.53 Å². The van der Waals surface area contributed by atoms with Crippen LogP contribution in [-0.4, -0.2) is 12.6 Å². The minimum absolute atomic E-state index is 0.167. The Morgan fingerprint density at radius 2 is 1.89 bits per heavy atom. The molecule has 0 bridgehead atoms. The van der Waals surface area contributed by atoms with E-state index in [2.05, 4.69) is 25.1 Å². The average molecular weight is 246 g/mol. The van der Waals surface area contributed by atoms with Gasteiger partial charge >= 0.3 is 5.97 Å². The normalized spacial score (nSPS) is 13.6. The molecular weight excluding hydrogens is 224 g/mol. The maximum atomic E-state index is 11.5. The molecule has 1 unspecified atom stereocenters. The van der Waals surface area contributed by atoms with E-state index in [9.17, 15) is 4.79 Å². The number of hydrogen-bond acceptors (Lipinski definition) is 2. The van der Waals surface area contributed by atoms with E-state index in [4.69, 9.17) is 4.74 Å². The molecule has 1 atom stereocenters. The number of benzene rings is 1. The first-order valence-electron chi connectivity index (χ1n) is 6.30. The Morgan fingerprint density at radius 3 is 2.44 bits per heavy atom. The second-order valence-electron chi connectivity index (χ2n) is 5.48. The Kier molecular flexibility index (Phi) is 5.14. The lowest BCUT2D eigenvalue weighted by Crippen LogP contribution is -2.22. The third kappa shape index (κ3) is 4.74.